The van der Waals surface area contributed by atoms with Crippen molar-refractivity contribution < 1.29 is 8.81 Å². The van der Waals surface area contributed by atoms with E-state index in [1.807, 2.05) is 31.2 Å². The summed E-state index contributed by atoms with van der Waals surface area (Å²) >= 11 is 3.27. The summed E-state index contributed by atoms with van der Waals surface area (Å²) in [6, 6.07) is 9.33. The van der Waals surface area contributed by atoms with Crippen molar-refractivity contribution in [2.24, 2.45) is 0 Å². The summed E-state index contributed by atoms with van der Waals surface area (Å²) in [5.41, 5.74) is 0.693. The summed E-state index contributed by atoms with van der Waals surface area (Å²) in [4.78, 5) is 0. The van der Waals surface area contributed by atoms with Gasteiger partial charge in [-0.2, -0.15) is 0 Å². The summed E-state index contributed by atoms with van der Waals surface area (Å²) in [5, 5.41) is 3.42. The molecule has 108 valence electrons. The smallest absolute Gasteiger partial charge is 0.129 e. The first-order valence-corrected chi connectivity index (χ1v) is 7.59. The maximum absolute atomic E-state index is 13.9. The molecule has 2 unspecified atom stereocenters. The maximum atomic E-state index is 13.9. The third-order valence-electron chi connectivity index (χ3n) is 3.37. The normalized spacial score (nSPS) is 14.2. The van der Waals surface area contributed by atoms with Crippen LogP contribution in [-0.2, 0) is 6.42 Å². The molecular formula is C16H19BrFNO. The molecule has 20 heavy (non-hydrogen) atoms. The quantitative estimate of drug-likeness (QED) is 0.813. The fourth-order valence-corrected chi connectivity index (χ4v) is 2.60. The van der Waals surface area contributed by atoms with Crippen LogP contribution in [0.15, 0.2) is 45.5 Å². The highest BCUT2D eigenvalue weighted by Crippen LogP contribution is 2.21. The molecule has 0 fully saturated rings. The van der Waals surface area contributed by atoms with E-state index in [1.54, 1.807) is 6.26 Å². The van der Waals surface area contributed by atoms with Gasteiger partial charge in [-0.15, -0.1) is 0 Å². The zero-order chi connectivity index (χ0) is 14.5. The topological polar surface area (TPSA) is 25.2 Å². The lowest BCUT2D eigenvalue weighted by atomic mass is 10.1. The van der Waals surface area contributed by atoms with Crippen LogP contribution in [0.1, 0.15) is 37.6 Å². The standard InChI is InChI=1S/C16H19BrFNO/c1-11(5-7-14-4-3-9-20-14)19-12(2)15-8-6-13(17)10-16(15)18/h3-4,6,8-12,19H,5,7H2,1-2H3. The highest BCUT2D eigenvalue weighted by molar-refractivity contribution is 9.10. The monoisotopic (exact) mass is 339 g/mol. The van der Waals surface area contributed by atoms with Gasteiger partial charge in [0.25, 0.3) is 0 Å². The molecule has 0 aliphatic rings. The molecule has 0 saturated heterocycles. The molecule has 4 heteroatoms. The lowest BCUT2D eigenvalue weighted by molar-refractivity contribution is 0.423. The van der Waals surface area contributed by atoms with Gasteiger partial charge in [-0.05, 0) is 44.5 Å². The van der Waals surface area contributed by atoms with Crippen LogP contribution in [0.4, 0.5) is 4.39 Å². The number of hydrogen-bond acceptors (Lipinski definition) is 2. The van der Waals surface area contributed by atoms with Crippen molar-refractivity contribution in [2.75, 3.05) is 0 Å². The Labute approximate surface area is 127 Å². The van der Waals surface area contributed by atoms with E-state index in [4.69, 9.17) is 4.42 Å². The van der Waals surface area contributed by atoms with Gasteiger partial charge in [0, 0.05) is 28.5 Å². The number of halogens is 2. The van der Waals surface area contributed by atoms with Gasteiger partial charge in [-0.1, -0.05) is 22.0 Å². The average Bonchev–Trinajstić information content (AvgIpc) is 2.89. The van der Waals surface area contributed by atoms with Gasteiger partial charge in [-0.25, -0.2) is 4.39 Å². The number of rotatable bonds is 6. The number of furan rings is 1. The van der Waals surface area contributed by atoms with Crippen LogP contribution in [0.2, 0.25) is 0 Å². The molecule has 1 aromatic heterocycles. The SMILES string of the molecule is CC(CCc1ccco1)NC(C)c1ccc(Br)cc1F. The third-order valence-corrected chi connectivity index (χ3v) is 3.86. The van der Waals surface area contributed by atoms with Crippen LogP contribution in [0.5, 0.6) is 0 Å². The van der Waals surface area contributed by atoms with Crippen molar-refractivity contribution in [3.8, 4) is 0 Å². The summed E-state index contributed by atoms with van der Waals surface area (Å²) in [7, 11) is 0. The van der Waals surface area contributed by atoms with Gasteiger partial charge in [-0.3, -0.25) is 0 Å². The first-order valence-electron chi connectivity index (χ1n) is 6.79. The highest BCUT2D eigenvalue weighted by Gasteiger charge is 2.14. The second-order valence-electron chi connectivity index (χ2n) is 5.07. The molecule has 0 aliphatic heterocycles. The van der Waals surface area contributed by atoms with Gasteiger partial charge in [0.05, 0.1) is 6.26 Å². The molecule has 2 aromatic rings. The molecule has 1 heterocycles. The molecule has 0 amide bonds. The van der Waals surface area contributed by atoms with E-state index in [2.05, 4.69) is 28.2 Å². The first kappa shape index (κ1) is 15.3. The van der Waals surface area contributed by atoms with Gasteiger partial charge in [0.2, 0.25) is 0 Å². The van der Waals surface area contributed by atoms with Crippen molar-refractivity contribution in [1.29, 1.82) is 0 Å². The number of hydrogen-bond donors (Lipinski definition) is 1. The summed E-state index contributed by atoms with van der Waals surface area (Å²) < 4.78 is 19.9. The van der Waals surface area contributed by atoms with Gasteiger partial charge in [0.1, 0.15) is 11.6 Å². The fraction of sp³-hybridized carbons (Fsp3) is 0.375. The summed E-state index contributed by atoms with van der Waals surface area (Å²) in [6.45, 7) is 4.09. The van der Waals surface area contributed by atoms with Crippen LogP contribution in [-0.4, -0.2) is 6.04 Å². The van der Waals surface area contributed by atoms with Crippen molar-refractivity contribution >= 4 is 15.9 Å². The van der Waals surface area contributed by atoms with Crippen molar-refractivity contribution in [3.63, 3.8) is 0 Å². The maximum Gasteiger partial charge on any atom is 0.129 e. The van der Waals surface area contributed by atoms with E-state index in [1.165, 1.54) is 6.07 Å². The Kier molecular flexibility index (Phi) is 5.38. The lowest BCUT2D eigenvalue weighted by Crippen LogP contribution is -2.29. The second kappa shape index (κ2) is 7.04. The van der Waals surface area contributed by atoms with E-state index in [-0.39, 0.29) is 17.9 Å². The molecule has 0 aliphatic carbocycles. The van der Waals surface area contributed by atoms with Crippen molar-refractivity contribution in [3.05, 3.63) is 58.2 Å². The molecule has 2 rings (SSSR count). The predicted molar refractivity (Wildman–Crippen MR) is 82.1 cm³/mol. The van der Waals surface area contributed by atoms with Crippen molar-refractivity contribution in [2.45, 2.75) is 38.8 Å². The molecule has 0 radical (unpaired) electrons. The Hall–Kier alpha value is -1.13. The molecule has 1 aromatic carbocycles. The number of nitrogens with one attached hydrogen (secondary N) is 1. The van der Waals surface area contributed by atoms with E-state index in [0.717, 1.165) is 23.1 Å². The summed E-state index contributed by atoms with van der Waals surface area (Å²) in [6.07, 6.45) is 3.53. The third kappa shape index (κ3) is 4.18. The minimum Gasteiger partial charge on any atom is -0.469 e. The van der Waals surface area contributed by atoms with E-state index in [9.17, 15) is 4.39 Å². The number of benzene rings is 1. The molecule has 2 nitrogen and oxygen atoms in total. The molecule has 2 atom stereocenters. The highest BCUT2D eigenvalue weighted by atomic mass is 79.9. The average molecular weight is 340 g/mol. The van der Waals surface area contributed by atoms with Crippen LogP contribution < -0.4 is 5.32 Å². The Morgan fingerprint density at radius 2 is 2.10 bits per heavy atom. The second-order valence-corrected chi connectivity index (χ2v) is 5.99. The first-order chi connectivity index (χ1) is 9.56. The Morgan fingerprint density at radius 1 is 1.30 bits per heavy atom. The van der Waals surface area contributed by atoms with Crippen LogP contribution in [0.25, 0.3) is 0 Å². The van der Waals surface area contributed by atoms with Gasteiger partial charge < -0.3 is 9.73 Å². The summed E-state index contributed by atoms with van der Waals surface area (Å²) in [5.74, 6) is 0.804. The zero-order valence-corrected chi connectivity index (χ0v) is 13.3. The molecule has 0 saturated carbocycles. The predicted octanol–water partition coefficient (Wildman–Crippen LogP) is 4.85. The van der Waals surface area contributed by atoms with Crippen LogP contribution in [0, 0.1) is 5.82 Å². The van der Waals surface area contributed by atoms with Crippen LogP contribution >= 0.6 is 15.9 Å². The molecule has 0 spiro atoms. The van der Waals surface area contributed by atoms with Gasteiger partial charge >= 0.3 is 0 Å². The molecule has 1 N–H and O–H groups in total. The Balaban J connectivity index is 1.88. The Morgan fingerprint density at radius 3 is 2.75 bits per heavy atom. The van der Waals surface area contributed by atoms with E-state index < -0.39 is 0 Å². The largest absolute Gasteiger partial charge is 0.469 e. The minimum atomic E-state index is -0.183. The van der Waals surface area contributed by atoms with Gasteiger partial charge in [0.15, 0.2) is 0 Å². The minimum absolute atomic E-state index is 0.0188. The van der Waals surface area contributed by atoms with E-state index >= 15 is 0 Å². The van der Waals surface area contributed by atoms with E-state index in [0.29, 0.717) is 5.56 Å². The number of aryl methyl sites for hydroxylation is 1. The van der Waals surface area contributed by atoms with Crippen LogP contribution in [0.3, 0.4) is 0 Å². The fourth-order valence-electron chi connectivity index (χ4n) is 2.27. The molecule has 0 bridgehead atoms. The Bertz CT molecular complexity index is 541. The zero-order valence-electron chi connectivity index (χ0n) is 11.7. The lowest BCUT2D eigenvalue weighted by Gasteiger charge is -2.20. The molecular weight excluding hydrogens is 321 g/mol. The van der Waals surface area contributed by atoms with Crippen molar-refractivity contribution in [1.82, 2.24) is 5.32 Å².